The highest BCUT2D eigenvalue weighted by molar-refractivity contribution is 7.90. The average Bonchev–Trinajstić information content (AvgIpc) is 2.63. The Hall–Kier alpha value is -2.92. The fourth-order valence-electron chi connectivity index (χ4n) is 2.69. The van der Waals surface area contributed by atoms with Crippen molar-refractivity contribution in [3.63, 3.8) is 0 Å². The molecule has 3 aromatic rings. The van der Waals surface area contributed by atoms with Crippen LogP contribution in [0.5, 0.6) is 0 Å². The van der Waals surface area contributed by atoms with E-state index < -0.39 is 9.84 Å². The van der Waals surface area contributed by atoms with Gasteiger partial charge in [0.05, 0.1) is 10.6 Å². The van der Waals surface area contributed by atoms with Crippen molar-refractivity contribution in [1.82, 2.24) is 0 Å². The molecular formula is C21H19NO3S. The molecule has 0 fully saturated rings. The second-order valence-corrected chi connectivity index (χ2v) is 8.07. The third-order valence-electron chi connectivity index (χ3n) is 4.00. The minimum Gasteiger partial charge on any atom is -0.321 e. The molecule has 26 heavy (non-hydrogen) atoms. The number of carbonyl (C=O) groups is 1. The molecule has 3 rings (SSSR count). The SMILES string of the molecule is CS(=O)(=O)c1ccccc1NC(=O)c1ccc(Cc2ccccc2)cc1. The maximum atomic E-state index is 12.5. The maximum absolute atomic E-state index is 12.5. The Labute approximate surface area is 153 Å². The molecule has 5 heteroatoms. The molecule has 0 radical (unpaired) electrons. The molecule has 0 unspecified atom stereocenters. The Morgan fingerprint density at radius 3 is 2.04 bits per heavy atom. The monoisotopic (exact) mass is 365 g/mol. The van der Waals surface area contributed by atoms with Gasteiger partial charge in [-0.1, -0.05) is 54.6 Å². The van der Waals surface area contributed by atoms with Crippen molar-refractivity contribution in [3.05, 3.63) is 95.6 Å². The van der Waals surface area contributed by atoms with E-state index in [-0.39, 0.29) is 16.5 Å². The number of hydrogen-bond acceptors (Lipinski definition) is 3. The summed E-state index contributed by atoms with van der Waals surface area (Å²) in [4.78, 5) is 12.6. The highest BCUT2D eigenvalue weighted by Gasteiger charge is 2.15. The van der Waals surface area contributed by atoms with E-state index in [9.17, 15) is 13.2 Å². The van der Waals surface area contributed by atoms with E-state index in [0.29, 0.717) is 5.56 Å². The second kappa shape index (κ2) is 7.54. The summed E-state index contributed by atoms with van der Waals surface area (Å²) in [5, 5.41) is 2.68. The fourth-order valence-corrected chi connectivity index (χ4v) is 3.54. The Morgan fingerprint density at radius 1 is 0.808 bits per heavy atom. The summed E-state index contributed by atoms with van der Waals surface area (Å²) in [6.07, 6.45) is 1.91. The van der Waals surface area contributed by atoms with Crippen LogP contribution in [0.15, 0.2) is 83.8 Å². The predicted molar refractivity (Wildman–Crippen MR) is 103 cm³/mol. The summed E-state index contributed by atoms with van der Waals surface area (Å²) in [6, 6.07) is 23.8. The Balaban J connectivity index is 1.75. The van der Waals surface area contributed by atoms with E-state index in [1.807, 2.05) is 30.3 Å². The first-order valence-corrected chi connectivity index (χ1v) is 10.1. The van der Waals surface area contributed by atoms with E-state index in [0.717, 1.165) is 18.2 Å². The van der Waals surface area contributed by atoms with Crippen molar-refractivity contribution < 1.29 is 13.2 Å². The molecule has 0 atom stereocenters. The van der Waals surface area contributed by atoms with Crippen LogP contribution in [-0.4, -0.2) is 20.6 Å². The smallest absolute Gasteiger partial charge is 0.255 e. The number of para-hydroxylation sites is 1. The number of sulfone groups is 1. The van der Waals surface area contributed by atoms with Crippen LogP contribution in [0.2, 0.25) is 0 Å². The van der Waals surface area contributed by atoms with Gasteiger partial charge in [-0.15, -0.1) is 0 Å². The van der Waals surface area contributed by atoms with Gasteiger partial charge >= 0.3 is 0 Å². The number of hydrogen-bond donors (Lipinski definition) is 1. The van der Waals surface area contributed by atoms with Gasteiger partial charge in [0.15, 0.2) is 9.84 Å². The van der Waals surface area contributed by atoms with Gasteiger partial charge in [-0.25, -0.2) is 8.42 Å². The van der Waals surface area contributed by atoms with Crippen LogP contribution < -0.4 is 5.32 Å². The van der Waals surface area contributed by atoms with Gasteiger partial charge in [-0.05, 0) is 41.8 Å². The van der Waals surface area contributed by atoms with Crippen LogP contribution in [0.3, 0.4) is 0 Å². The Morgan fingerprint density at radius 2 is 1.38 bits per heavy atom. The van der Waals surface area contributed by atoms with Crippen LogP contribution in [0.1, 0.15) is 21.5 Å². The van der Waals surface area contributed by atoms with Crippen molar-refractivity contribution in [1.29, 1.82) is 0 Å². The number of rotatable bonds is 5. The average molecular weight is 365 g/mol. The first-order valence-electron chi connectivity index (χ1n) is 8.17. The topological polar surface area (TPSA) is 63.2 Å². The molecule has 0 aromatic heterocycles. The largest absolute Gasteiger partial charge is 0.321 e. The zero-order chi connectivity index (χ0) is 18.6. The predicted octanol–water partition coefficient (Wildman–Crippen LogP) is 3.93. The number of nitrogens with one attached hydrogen (secondary N) is 1. The molecule has 4 nitrogen and oxygen atoms in total. The second-order valence-electron chi connectivity index (χ2n) is 6.08. The van der Waals surface area contributed by atoms with Crippen LogP contribution in [0, 0.1) is 0 Å². The van der Waals surface area contributed by atoms with E-state index in [2.05, 4.69) is 17.4 Å². The standard InChI is InChI=1S/C21H19NO3S/c1-26(24,25)20-10-6-5-9-19(20)22-21(23)18-13-11-17(12-14-18)15-16-7-3-2-4-8-16/h2-14H,15H2,1H3,(H,22,23). The first kappa shape index (κ1) is 17.9. The lowest BCUT2D eigenvalue weighted by Crippen LogP contribution is -2.14. The molecule has 0 aliphatic carbocycles. The summed E-state index contributed by atoms with van der Waals surface area (Å²) in [6.45, 7) is 0. The van der Waals surface area contributed by atoms with Gasteiger partial charge in [-0.2, -0.15) is 0 Å². The molecule has 0 saturated heterocycles. The molecule has 0 saturated carbocycles. The molecule has 0 aliphatic heterocycles. The summed E-state index contributed by atoms with van der Waals surface area (Å²) in [7, 11) is -3.42. The lowest BCUT2D eigenvalue weighted by atomic mass is 10.0. The molecule has 3 aromatic carbocycles. The van der Waals surface area contributed by atoms with Gasteiger partial charge in [0, 0.05) is 11.8 Å². The van der Waals surface area contributed by atoms with E-state index >= 15 is 0 Å². The Kier molecular flexibility index (Phi) is 5.19. The first-order chi connectivity index (χ1) is 12.4. The van der Waals surface area contributed by atoms with Gasteiger partial charge in [0.25, 0.3) is 5.91 Å². The molecule has 1 N–H and O–H groups in total. The molecular weight excluding hydrogens is 346 g/mol. The highest BCUT2D eigenvalue weighted by atomic mass is 32.2. The van der Waals surface area contributed by atoms with E-state index in [1.165, 1.54) is 11.6 Å². The van der Waals surface area contributed by atoms with Crippen LogP contribution >= 0.6 is 0 Å². The third-order valence-corrected chi connectivity index (χ3v) is 5.16. The molecule has 132 valence electrons. The minimum atomic E-state index is -3.42. The van der Waals surface area contributed by atoms with Crippen LogP contribution in [-0.2, 0) is 16.3 Å². The normalized spacial score (nSPS) is 11.1. The number of carbonyl (C=O) groups excluding carboxylic acids is 1. The van der Waals surface area contributed by atoms with Gasteiger partial charge in [-0.3, -0.25) is 4.79 Å². The van der Waals surface area contributed by atoms with Gasteiger partial charge in [0.2, 0.25) is 0 Å². The quantitative estimate of drug-likeness (QED) is 0.745. The summed E-state index contributed by atoms with van der Waals surface area (Å²) >= 11 is 0. The summed E-state index contributed by atoms with van der Waals surface area (Å²) in [5.41, 5.74) is 3.06. The molecule has 0 bridgehead atoms. The number of anilines is 1. The van der Waals surface area contributed by atoms with Gasteiger partial charge in [0.1, 0.15) is 0 Å². The van der Waals surface area contributed by atoms with Crippen LogP contribution in [0.25, 0.3) is 0 Å². The zero-order valence-corrected chi connectivity index (χ0v) is 15.2. The third kappa shape index (κ3) is 4.37. The maximum Gasteiger partial charge on any atom is 0.255 e. The summed E-state index contributed by atoms with van der Waals surface area (Å²) in [5.74, 6) is -0.340. The van der Waals surface area contributed by atoms with Crippen molar-refractivity contribution in [2.75, 3.05) is 11.6 Å². The van der Waals surface area contributed by atoms with Crippen molar-refractivity contribution in [2.24, 2.45) is 0 Å². The number of amides is 1. The lowest BCUT2D eigenvalue weighted by molar-refractivity contribution is 0.102. The fraction of sp³-hybridized carbons (Fsp3) is 0.0952. The highest BCUT2D eigenvalue weighted by Crippen LogP contribution is 2.21. The van der Waals surface area contributed by atoms with E-state index in [4.69, 9.17) is 0 Å². The zero-order valence-electron chi connectivity index (χ0n) is 14.3. The number of benzene rings is 3. The molecule has 0 aliphatic rings. The van der Waals surface area contributed by atoms with E-state index in [1.54, 1.807) is 30.3 Å². The minimum absolute atomic E-state index is 0.106. The van der Waals surface area contributed by atoms with Crippen molar-refractivity contribution in [2.45, 2.75) is 11.3 Å². The molecule has 1 amide bonds. The van der Waals surface area contributed by atoms with Crippen molar-refractivity contribution in [3.8, 4) is 0 Å². The van der Waals surface area contributed by atoms with Gasteiger partial charge < -0.3 is 5.32 Å². The van der Waals surface area contributed by atoms with Crippen molar-refractivity contribution >= 4 is 21.4 Å². The molecule has 0 heterocycles. The summed E-state index contributed by atoms with van der Waals surface area (Å²) < 4.78 is 23.7. The van der Waals surface area contributed by atoms with Crippen LogP contribution in [0.4, 0.5) is 5.69 Å². The lowest BCUT2D eigenvalue weighted by Gasteiger charge is -2.10. The Bertz CT molecular complexity index is 1010. The molecule has 0 spiro atoms.